The molecule has 1 N–H and O–H groups in total. The van der Waals surface area contributed by atoms with Crippen LogP contribution >= 0.6 is 0 Å². The molecule has 2 heterocycles. The predicted molar refractivity (Wildman–Crippen MR) is 99.9 cm³/mol. The third-order valence-corrected chi connectivity index (χ3v) is 4.40. The van der Waals surface area contributed by atoms with E-state index in [2.05, 4.69) is 15.5 Å². The van der Waals surface area contributed by atoms with Crippen molar-refractivity contribution >= 4 is 16.8 Å². The Morgan fingerprint density at radius 1 is 1.22 bits per heavy atom. The van der Waals surface area contributed by atoms with Crippen molar-refractivity contribution in [3.8, 4) is 0 Å². The summed E-state index contributed by atoms with van der Waals surface area (Å²) in [4.78, 5) is 24.9. The first-order valence-corrected chi connectivity index (χ1v) is 8.76. The highest BCUT2D eigenvalue weighted by atomic mass is 19.1. The van der Waals surface area contributed by atoms with Crippen LogP contribution in [-0.4, -0.2) is 25.5 Å². The molecule has 1 aromatic carbocycles. The van der Waals surface area contributed by atoms with Crippen molar-refractivity contribution in [3.05, 3.63) is 57.9 Å². The molecular formula is C19H22FN5O2. The second kappa shape index (κ2) is 7.30. The van der Waals surface area contributed by atoms with Gasteiger partial charge in [0.05, 0.1) is 29.3 Å². The van der Waals surface area contributed by atoms with Crippen molar-refractivity contribution in [1.82, 2.24) is 24.9 Å². The van der Waals surface area contributed by atoms with Gasteiger partial charge in [-0.15, -0.1) is 0 Å². The van der Waals surface area contributed by atoms with Crippen molar-refractivity contribution in [2.45, 2.75) is 46.3 Å². The van der Waals surface area contributed by atoms with Crippen LogP contribution in [0.2, 0.25) is 0 Å². The van der Waals surface area contributed by atoms with E-state index in [1.165, 1.54) is 18.5 Å². The van der Waals surface area contributed by atoms with E-state index in [-0.39, 0.29) is 24.0 Å². The van der Waals surface area contributed by atoms with Crippen molar-refractivity contribution in [2.24, 2.45) is 0 Å². The molecule has 0 aliphatic rings. The summed E-state index contributed by atoms with van der Waals surface area (Å²) < 4.78 is 16.8. The molecule has 0 fully saturated rings. The number of fused-ring (bicyclic) bond motifs is 1. The standard InChI is InChI=1S/C19H22FN5O2/c1-11(2)25-17-9-21-24(19(27)15(17)8-22-25)10-18(26)23-13(4)14-6-5-12(3)7-16(14)20/h5-9,11,13H,10H2,1-4H3,(H,23,26). The maximum atomic E-state index is 14.1. The van der Waals surface area contributed by atoms with Gasteiger partial charge in [-0.25, -0.2) is 9.07 Å². The Bertz CT molecular complexity index is 1050. The van der Waals surface area contributed by atoms with Gasteiger partial charge in [0, 0.05) is 11.6 Å². The van der Waals surface area contributed by atoms with Crippen LogP contribution in [0, 0.1) is 12.7 Å². The molecule has 0 aliphatic carbocycles. The minimum Gasteiger partial charge on any atom is -0.348 e. The van der Waals surface area contributed by atoms with Gasteiger partial charge in [-0.3, -0.25) is 14.3 Å². The minimum atomic E-state index is -0.527. The third-order valence-electron chi connectivity index (χ3n) is 4.40. The zero-order chi connectivity index (χ0) is 19.7. The van der Waals surface area contributed by atoms with E-state index in [0.29, 0.717) is 16.5 Å². The lowest BCUT2D eigenvalue weighted by Gasteiger charge is -2.16. The molecule has 0 radical (unpaired) electrons. The third kappa shape index (κ3) is 3.74. The summed E-state index contributed by atoms with van der Waals surface area (Å²) in [7, 11) is 0. The maximum Gasteiger partial charge on any atom is 0.278 e. The summed E-state index contributed by atoms with van der Waals surface area (Å²) in [6.07, 6.45) is 3.01. The average molecular weight is 371 g/mol. The average Bonchev–Trinajstić information content (AvgIpc) is 3.02. The van der Waals surface area contributed by atoms with Gasteiger partial charge in [0.1, 0.15) is 12.4 Å². The molecule has 0 bridgehead atoms. The van der Waals surface area contributed by atoms with Crippen LogP contribution in [-0.2, 0) is 11.3 Å². The number of carbonyl (C=O) groups excluding carboxylic acids is 1. The number of amides is 1. The lowest BCUT2D eigenvalue weighted by atomic mass is 10.1. The Hall–Kier alpha value is -3.03. The van der Waals surface area contributed by atoms with Crippen LogP contribution in [0.5, 0.6) is 0 Å². The molecule has 1 amide bonds. The number of halogens is 1. The normalized spacial score (nSPS) is 12.5. The molecule has 0 spiro atoms. The number of carbonyl (C=O) groups is 1. The van der Waals surface area contributed by atoms with Crippen molar-refractivity contribution in [2.75, 3.05) is 0 Å². The Morgan fingerprint density at radius 3 is 2.63 bits per heavy atom. The zero-order valence-corrected chi connectivity index (χ0v) is 15.7. The first-order valence-electron chi connectivity index (χ1n) is 8.76. The number of hydrogen-bond acceptors (Lipinski definition) is 4. The number of hydrogen-bond donors (Lipinski definition) is 1. The van der Waals surface area contributed by atoms with Crippen LogP contribution in [0.3, 0.4) is 0 Å². The Kier molecular flexibility index (Phi) is 5.07. The smallest absolute Gasteiger partial charge is 0.278 e. The van der Waals surface area contributed by atoms with Crippen LogP contribution < -0.4 is 10.9 Å². The molecule has 27 heavy (non-hydrogen) atoms. The molecule has 7 nitrogen and oxygen atoms in total. The molecule has 3 aromatic rings. The number of benzene rings is 1. The fourth-order valence-corrected chi connectivity index (χ4v) is 2.99. The first-order chi connectivity index (χ1) is 12.8. The highest BCUT2D eigenvalue weighted by Crippen LogP contribution is 2.18. The monoisotopic (exact) mass is 371 g/mol. The van der Waals surface area contributed by atoms with Crippen LogP contribution in [0.15, 0.2) is 35.4 Å². The van der Waals surface area contributed by atoms with Crippen LogP contribution in [0.4, 0.5) is 4.39 Å². The van der Waals surface area contributed by atoms with Crippen molar-refractivity contribution < 1.29 is 9.18 Å². The van der Waals surface area contributed by atoms with Crippen LogP contribution in [0.1, 0.15) is 44.0 Å². The summed E-state index contributed by atoms with van der Waals surface area (Å²) in [5.41, 5.74) is 1.44. The quantitative estimate of drug-likeness (QED) is 0.747. The summed E-state index contributed by atoms with van der Waals surface area (Å²) >= 11 is 0. The molecule has 8 heteroatoms. The number of rotatable bonds is 5. The topological polar surface area (TPSA) is 81.8 Å². The molecule has 1 atom stereocenters. The van der Waals surface area contributed by atoms with Gasteiger partial charge in [0.2, 0.25) is 5.91 Å². The summed E-state index contributed by atoms with van der Waals surface area (Å²) in [5, 5.41) is 11.4. The van der Waals surface area contributed by atoms with Gasteiger partial charge < -0.3 is 5.32 Å². The maximum absolute atomic E-state index is 14.1. The Labute approximate surface area is 155 Å². The van der Waals surface area contributed by atoms with Crippen molar-refractivity contribution in [3.63, 3.8) is 0 Å². The second-order valence-corrected chi connectivity index (χ2v) is 6.90. The van der Waals surface area contributed by atoms with Gasteiger partial charge in [0.15, 0.2) is 0 Å². The number of nitrogens with zero attached hydrogens (tertiary/aromatic N) is 4. The van der Waals surface area contributed by atoms with E-state index in [0.717, 1.165) is 10.2 Å². The van der Waals surface area contributed by atoms with E-state index in [4.69, 9.17) is 0 Å². The second-order valence-electron chi connectivity index (χ2n) is 6.90. The molecule has 2 aromatic heterocycles. The molecule has 0 saturated carbocycles. The number of aromatic nitrogens is 4. The Morgan fingerprint density at radius 2 is 1.96 bits per heavy atom. The van der Waals surface area contributed by atoms with Gasteiger partial charge >= 0.3 is 0 Å². The molecule has 1 unspecified atom stereocenters. The van der Waals surface area contributed by atoms with E-state index >= 15 is 0 Å². The predicted octanol–water partition coefficient (Wildman–Crippen LogP) is 2.50. The van der Waals surface area contributed by atoms with Gasteiger partial charge in [-0.1, -0.05) is 12.1 Å². The van der Waals surface area contributed by atoms with Gasteiger partial charge in [-0.2, -0.15) is 10.2 Å². The van der Waals surface area contributed by atoms with E-state index in [1.54, 1.807) is 30.7 Å². The van der Waals surface area contributed by atoms with E-state index < -0.39 is 11.9 Å². The van der Waals surface area contributed by atoms with E-state index in [9.17, 15) is 14.0 Å². The SMILES string of the molecule is Cc1ccc(C(C)NC(=O)Cn2ncc3c(cnn3C(C)C)c2=O)c(F)c1. The number of aryl methyl sites for hydroxylation is 1. The lowest BCUT2D eigenvalue weighted by molar-refractivity contribution is -0.122. The van der Waals surface area contributed by atoms with E-state index in [1.807, 2.05) is 13.8 Å². The van der Waals surface area contributed by atoms with Crippen molar-refractivity contribution in [1.29, 1.82) is 0 Å². The highest BCUT2D eigenvalue weighted by Gasteiger charge is 2.16. The Balaban J connectivity index is 1.78. The first kappa shape index (κ1) is 18.8. The molecule has 142 valence electrons. The minimum absolute atomic E-state index is 0.0908. The summed E-state index contributed by atoms with van der Waals surface area (Å²) in [6, 6.07) is 4.42. The fraction of sp³-hybridized carbons (Fsp3) is 0.368. The molecule has 3 rings (SSSR count). The number of nitrogens with one attached hydrogen (secondary N) is 1. The van der Waals surface area contributed by atoms with Gasteiger partial charge in [-0.05, 0) is 39.3 Å². The van der Waals surface area contributed by atoms with Gasteiger partial charge in [0.25, 0.3) is 5.56 Å². The van der Waals surface area contributed by atoms with Crippen LogP contribution in [0.25, 0.3) is 10.9 Å². The molecular weight excluding hydrogens is 349 g/mol. The lowest BCUT2D eigenvalue weighted by Crippen LogP contribution is -2.35. The zero-order valence-electron chi connectivity index (χ0n) is 15.7. The summed E-state index contributed by atoms with van der Waals surface area (Å²) in [6.45, 7) is 7.15. The highest BCUT2D eigenvalue weighted by molar-refractivity contribution is 5.78. The summed E-state index contributed by atoms with van der Waals surface area (Å²) in [5.74, 6) is -0.798. The molecule has 0 saturated heterocycles. The largest absolute Gasteiger partial charge is 0.348 e. The fourth-order valence-electron chi connectivity index (χ4n) is 2.99. The molecule has 0 aliphatic heterocycles.